The predicted molar refractivity (Wildman–Crippen MR) is 107 cm³/mol. The number of amides is 1. The predicted octanol–water partition coefficient (Wildman–Crippen LogP) is 2.33. The van der Waals surface area contributed by atoms with E-state index in [9.17, 15) is 10.1 Å². The summed E-state index contributed by atoms with van der Waals surface area (Å²) in [6.45, 7) is 2.77. The van der Waals surface area contributed by atoms with Gasteiger partial charge in [0.2, 0.25) is 0 Å². The number of hydrogen-bond acceptors (Lipinski definition) is 6. The summed E-state index contributed by atoms with van der Waals surface area (Å²) in [6.07, 6.45) is 5.32. The van der Waals surface area contributed by atoms with Crippen LogP contribution in [0.4, 0.5) is 5.82 Å². The highest BCUT2D eigenvalue weighted by atomic mass is 16.2. The second-order valence-corrected chi connectivity index (χ2v) is 7.69. The van der Waals surface area contributed by atoms with Crippen LogP contribution >= 0.6 is 0 Å². The minimum absolute atomic E-state index is 0.0335. The van der Waals surface area contributed by atoms with Gasteiger partial charge in [0.1, 0.15) is 0 Å². The molecule has 8 heteroatoms. The van der Waals surface area contributed by atoms with Gasteiger partial charge in [0, 0.05) is 44.5 Å². The smallest absolute Gasteiger partial charge is 0.289 e. The number of H-pyrrole nitrogens is 1. The van der Waals surface area contributed by atoms with E-state index < -0.39 is 0 Å². The molecule has 0 spiro atoms. The Bertz CT molecular complexity index is 1060. The Morgan fingerprint density at radius 3 is 2.83 bits per heavy atom. The zero-order valence-electron chi connectivity index (χ0n) is 16.0. The van der Waals surface area contributed by atoms with Crippen LogP contribution in [0.1, 0.15) is 35.1 Å². The van der Waals surface area contributed by atoms with Crippen LogP contribution in [0.5, 0.6) is 0 Å². The van der Waals surface area contributed by atoms with Crippen LogP contribution in [0.25, 0.3) is 11.0 Å². The lowest BCUT2D eigenvalue weighted by atomic mass is 9.94. The van der Waals surface area contributed by atoms with Crippen LogP contribution < -0.4 is 4.90 Å². The topological polar surface area (TPSA) is 102 Å². The van der Waals surface area contributed by atoms with E-state index in [0.717, 1.165) is 41.9 Å². The zero-order valence-corrected chi connectivity index (χ0v) is 16.0. The van der Waals surface area contributed by atoms with E-state index in [1.165, 1.54) is 0 Å². The minimum atomic E-state index is -0.0922. The molecule has 0 bridgehead atoms. The van der Waals surface area contributed by atoms with Crippen LogP contribution in [0.15, 0.2) is 36.7 Å². The van der Waals surface area contributed by atoms with Gasteiger partial charge >= 0.3 is 0 Å². The summed E-state index contributed by atoms with van der Waals surface area (Å²) >= 11 is 0. The molecule has 5 rings (SSSR count). The van der Waals surface area contributed by atoms with Crippen LogP contribution in [0, 0.1) is 17.2 Å². The molecule has 2 fully saturated rings. The van der Waals surface area contributed by atoms with Crippen LogP contribution in [-0.4, -0.2) is 56.9 Å². The first kappa shape index (κ1) is 17.6. The van der Waals surface area contributed by atoms with Crippen molar-refractivity contribution >= 4 is 22.8 Å². The number of fused-ring (bicyclic) bond motifs is 1. The number of piperidine rings is 1. The molecule has 4 heterocycles. The van der Waals surface area contributed by atoms with E-state index in [1.807, 2.05) is 24.3 Å². The number of likely N-dealkylation sites (tertiary alicyclic amines) is 1. The van der Waals surface area contributed by atoms with Crippen molar-refractivity contribution in [1.82, 2.24) is 24.8 Å². The van der Waals surface area contributed by atoms with Crippen molar-refractivity contribution in [2.75, 3.05) is 31.1 Å². The van der Waals surface area contributed by atoms with Crippen LogP contribution in [0.2, 0.25) is 0 Å². The number of rotatable bonds is 3. The number of carbonyl (C=O) groups excluding carboxylic acids is 1. The Morgan fingerprint density at radius 1 is 1.17 bits per heavy atom. The molecule has 0 aliphatic carbocycles. The molecule has 2 aliphatic rings. The van der Waals surface area contributed by atoms with E-state index >= 15 is 0 Å². The third-order valence-corrected chi connectivity index (χ3v) is 5.76. The van der Waals surface area contributed by atoms with Gasteiger partial charge < -0.3 is 14.8 Å². The fourth-order valence-electron chi connectivity index (χ4n) is 4.17. The van der Waals surface area contributed by atoms with Crippen molar-refractivity contribution < 1.29 is 4.79 Å². The third kappa shape index (κ3) is 3.18. The van der Waals surface area contributed by atoms with Gasteiger partial charge in [-0.2, -0.15) is 5.26 Å². The van der Waals surface area contributed by atoms with Gasteiger partial charge in [0.25, 0.3) is 5.91 Å². The quantitative estimate of drug-likeness (QED) is 0.740. The van der Waals surface area contributed by atoms with Gasteiger partial charge in [-0.3, -0.25) is 9.78 Å². The Balaban J connectivity index is 1.31. The zero-order chi connectivity index (χ0) is 19.8. The summed E-state index contributed by atoms with van der Waals surface area (Å²) < 4.78 is 0. The molecular formula is C21H21N7O. The number of nitriles is 1. The molecule has 29 heavy (non-hydrogen) atoms. The van der Waals surface area contributed by atoms with Crippen molar-refractivity contribution in [2.45, 2.75) is 18.8 Å². The summed E-state index contributed by atoms with van der Waals surface area (Å²) in [5.74, 6) is 1.32. The molecule has 2 saturated heterocycles. The number of aromatic amines is 1. The molecule has 0 radical (unpaired) electrons. The van der Waals surface area contributed by atoms with E-state index in [1.54, 1.807) is 17.3 Å². The maximum absolute atomic E-state index is 12.8. The molecule has 2 aromatic heterocycles. The molecule has 0 saturated carbocycles. The minimum Gasteiger partial charge on any atom is -0.354 e. The first-order valence-electron chi connectivity index (χ1n) is 9.92. The molecule has 1 amide bonds. The number of imidazole rings is 1. The maximum Gasteiger partial charge on any atom is 0.289 e. The molecule has 146 valence electrons. The first-order valence-corrected chi connectivity index (χ1v) is 9.92. The van der Waals surface area contributed by atoms with Crippen molar-refractivity contribution in [3.8, 4) is 6.07 Å². The molecule has 1 atom stereocenters. The van der Waals surface area contributed by atoms with E-state index in [-0.39, 0.29) is 17.7 Å². The monoisotopic (exact) mass is 387 g/mol. The molecule has 1 unspecified atom stereocenters. The molecule has 1 N–H and O–H groups in total. The summed E-state index contributed by atoms with van der Waals surface area (Å²) in [7, 11) is 0. The second-order valence-electron chi connectivity index (χ2n) is 7.69. The lowest BCUT2D eigenvalue weighted by molar-refractivity contribution is 0.0587. The first-order chi connectivity index (χ1) is 14.2. The number of anilines is 1. The number of nitrogens with zero attached hydrogens (tertiary/aromatic N) is 6. The molecular weight excluding hydrogens is 366 g/mol. The highest BCUT2D eigenvalue weighted by molar-refractivity contribution is 5.94. The average molecular weight is 387 g/mol. The van der Waals surface area contributed by atoms with E-state index in [4.69, 9.17) is 0 Å². The van der Waals surface area contributed by atoms with Crippen LogP contribution in [0.3, 0.4) is 0 Å². The largest absolute Gasteiger partial charge is 0.354 e. The van der Waals surface area contributed by atoms with Gasteiger partial charge in [0.15, 0.2) is 11.6 Å². The van der Waals surface area contributed by atoms with Gasteiger partial charge in [-0.1, -0.05) is 12.1 Å². The highest BCUT2D eigenvalue weighted by Gasteiger charge is 2.37. The highest BCUT2D eigenvalue weighted by Crippen LogP contribution is 2.33. The van der Waals surface area contributed by atoms with Gasteiger partial charge in [-0.25, -0.2) is 9.97 Å². The molecule has 8 nitrogen and oxygen atoms in total. The summed E-state index contributed by atoms with van der Waals surface area (Å²) in [4.78, 5) is 33.4. The number of aromatic nitrogens is 4. The van der Waals surface area contributed by atoms with Crippen molar-refractivity contribution in [1.29, 1.82) is 5.26 Å². The number of carbonyl (C=O) groups is 1. The van der Waals surface area contributed by atoms with Gasteiger partial charge in [-0.05, 0) is 25.0 Å². The number of para-hydroxylation sites is 2. The van der Waals surface area contributed by atoms with E-state index in [2.05, 4.69) is 30.9 Å². The summed E-state index contributed by atoms with van der Waals surface area (Å²) in [5.41, 5.74) is 2.57. The molecule has 3 aromatic rings. The summed E-state index contributed by atoms with van der Waals surface area (Å²) in [5, 5.41) is 9.28. The fourth-order valence-corrected chi connectivity index (χ4v) is 4.17. The number of nitrogens with one attached hydrogen (secondary N) is 1. The normalized spacial score (nSPS) is 19.8. The lowest BCUT2D eigenvalue weighted by Gasteiger charge is -2.40. The van der Waals surface area contributed by atoms with Gasteiger partial charge in [0.05, 0.1) is 28.7 Å². The fraction of sp³-hybridized carbons (Fsp3) is 0.381. The lowest BCUT2D eigenvalue weighted by Crippen LogP contribution is -2.49. The third-order valence-electron chi connectivity index (χ3n) is 5.76. The Labute approximate surface area is 168 Å². The maximum atomic E-state index is 12.8. The molecule has 2 aliphatic heterocycles. The SMILES string of the molecule is N#CC1CCCN(c2nccnc2C2CN(C(=O)c3nc4ccccc4[nH]3)C2)C1. The van der Waals surface area contributed by atoms with Crippen molar-refractivity contribution in [2.24, 2.45) is 5.92 Å². The number of hydrogen-bond donors (Lipinski definition) is 1. The van der Waals surface area contributed by atoms with E-state index in [0.29, 0.717) is 25.5 Å². The Kier molecular flexibility index (Phi) is 4.35. The summed E-state index contributed by atoms with van der Waals surface area (Å²) in [6, 6.07) is 10.0. The van der Waals surface area contributed by atoms with Gasteiger partial charge in [-0.15, -0.1) is 0 Å². The average Bonchev–Trinajstić information content (AvgIpc) is 3.17. The Morgan fingerprint density at radius 2 is 2.00 bits per heavy atom. The Hall–Kier alpha value is -3.47. The van der Waals surface area contributed by atoms with Crippen LogP contribution in [-0.2, 0) is 0 Å². The van der Waals surface area contributed by atoms with Crippen molar-refractivity contribution in [3.63, 3.8) is 0 Å². The van der Waals surface area contributed by atoms with Crippen molar-refractivity contribution in [3.05, 3.63) is 48.2 Å². The number of benzene rings is 1. The standard InChI is InChI=1S/C21H21N7O/c22-10-14-4-3-9-27(11-14)20-18(23-7-8-24-20)15-12-28(13-15)21(29)19-25-16-5-1-2-6-17(16)26-19/h1-2,5-8,14-15H,3-4,9,11-13H2,(H,25,26). The molecule has 1 aromatic carbocycles. The second kappa shape index (κ2) is 7.17.